The van der Waals surface area contributed by atoms with Crippen molar-refractivity contribution in [1.82, 2.24) is 0 Å². The van der Waals surface area contributed by atoms with Crippen LogP contribution in [0, 0.1) is 13.8 Å². The molecule has 0 aromatic heterocycles. The van der Waals surface area contributed by atoms with Crippen LogP contribution in [-0.2, 0) is 6.42 Å². The molecular weight excluding hydrogens is 160 g/mol. The molecule has 0 saturated carbocycles. The Morgan fingerprint density at radius 3 is 2.54 bits per heavy atom. The third-order valence-electron chi connectivity index (χ3n) is 2.42. The zero-order chi connectivity index (χ0) is 9.84. The largest absolute Gasteiger partial charge is 0.393 e. The monoisotopic (exact) mass is 178 g/mol. The maximum atomic E-state index is 9.51. The van der Waals surface area contributed by atoms with Gasteiger partial charge in [0.2, 0.25) is 0 Å². The van der Waals surface area contributed by atoms with Gasteiger partial charge in [-0.3, -0.25) is 0 Å². The van der Waals surface area contributed by atoms with E-state index in [4.69, 9.17) is 0 Å². The first-order valence-electron chi connectivity index (χ1n) is 4.87. The molecule has 1 aromatic rings. The molecule has 0 saturated heterocycles. The van der Waals surface area contributed by atoms with E-state index in [1.165, 1.54) is 16.7 Å². The van der Waals surface area contributed by atoms with Crippen LogP contribution in [0.2, 0.25) is 0 Å². The molecule has 0 spiro atoms. The van der Waals surface area contributed by atoms with Gasteiger partial charge in [-0.15, -0.1) is 0 Å². The fourth-order valence-electron chi connectivity index (χ4n) is 1.47. The van der Waals surface area contributed by atoms with Crippen LogP contribution in [0.3, 0.4) is 0 Å². The van der Waals surface area contributed by atoms with Crippen molar-refractivity contribution in [3.05, 3.63) is 34.9 Å². The van der Waals surface area contributed by atoms with Gasteiger partial charge in [-0.1, -0.05) is 30.7 Å². The molecule has 0 aliphatic carbocycles. The molecule has 1 rings (SSSR count). The lowest BCUT2D eigenvalue weighted by molar-refractivity contribution is 0.170. The Hall–Kier alpha value is -0.820. The zero-order valence-corrected chi connectivity index (χ0v) is 8.67. The predicted octanol–water partition coefficient (Wildman–Crippen LogP) is 2.62. The van der Waals surface area contributed by atoms with Gasteiger partial charge in [-0.25, -0.2) is 0 Å². The third-order valence-corrected chi connectivity index (χ3v) is 2.42. The highest BCUT2D eigenvalue weighted by molar-refractivity contribution is 5.30. The van der Waals surface area contributed by atoms with Gasteiger partial charge in [-0.05, 0) is 37.8 Å². The topological polar surface area (TPSA) is 20.2 Å². The Morgan fingerprint density at radius 1 is 1.31 bits per heavy atom. The molecule has 0 unspecified atom stereocenters. The van der Waals surface area contributed by atoms with Gasteiger partial charge in [-0.2, -0.15) is 0 Å². The third kappa shape index (κ3) is 2.85. The summed E-state index contributed by atoms with van der Waals surface area (Å²) in [7, 11) is 0. The van der Waals surface area contributed by atoms with Gasteiger partial charge in [0.25, 0.3) is 0 Å². The fraction of sp³-hybridized carbons (Fsp3) is 0.500. The maximum Gasteiger partial charge on any atom is 0.0578 e. The molecule has 0 heterocycles. The minimum Gasteiger partial charge on any atom is -0.393 e. The molecule has 0 amide bonds. The van der Waals surface area contributed by atoms with E-state index in [9.17, 15) is 5.11 Å². The molecule has 13 heavy (non-hydrogen) atoms. The first-order valence-corrected chi connectivity index (χ1v) is 4.87. The second-order valence-corrected chi connectivity index (χ2v) is 3.70. The molecule has 0 radical (unpaired) electrons. The van der Waals surface area contributed by atoms with Gasteiger partial charge in [0.05, 0.1) is 6.10 Å². The van der Waals surface area contributed by atoms with Crippen molar-refractivity contribution < 1.29 is 5.11 Å². The first-order chi connectivity index (χ1) is 6.13. The van der Waals surface area contributed by atoms with Gasteiger partial charge >= 0.3 is 0 Å². The number of hydrogen-bond acceptors (Lipinski definition) is 1. The molecule has 1 atom stereocenters. The molecule has 0 fully saturated rings. The van der Waals surface area contributed by atoms with E-state index in [0.717, 1.165) is 12.8 Å². The smallest absolute Gasteiger partial charge is 0.0578 e. The molecule has 0 aliphatic heterocycles. The summed E-state index contributed by atoms with van der Waals surface area (Å²) in [4.78, 5) is 0. The van der Waals surface area contributed by atoms with E-state index >= 15 is 0 Å². The summed E-state index contributed by atoms with van der Waals surface area (Å²) in [6, 6.07) is 6.38. The highest BCUT2D eigenvalue weighted by Gasteiger charge is 2.04. The number of hydrogen-bond donors (Lipinski definition) is 1. The summed E-state index contributed by atoms with van der Waals surface area (Å²) in [5.74, 6) is 0. The van der Waals surface area contributed by atoms with Crippen molar-refractivity contribution in [2.24, 2.45) is 0 Å². The molecule has 1 nitrogen and oxygen atoms in total. The maximum absolute atomic E-state index is 9.51. The number of rotatable bonds is 3. The van der Waals surface area contributed by atoms with E-state index < -0.39 is 0 Å². The highest BCUT2D eigenvalue weighted by atomic mass is 16.3. The average molecular weight is 178 g/mol. The SMILES string of the molecule is CC[C@H](O)Cc1ccc(C)cc1C. The molecule has 1 aromatic carbocycles. The van der Waals surface area contributed by atoms with Crippen molar-refractivity contribution in [2.45, 2.75) is 39.7 Å². The molecule has 1 heteroatoms. The van der Waals surface area contributed by atoms with Crippen molar-refractivity contribution in [3.63, 3.8) is 0 Å². The Kier molecular flexibility index (Phi) is 3.49. The second-order valence-electron chi connectivity index (χ2n) is 3.70. The minimum absolute atomic E-state index is 0.193. The number of benzene rings is 1. The Balaban J connectivity index is 2.77. The summed E-state index contributed by atoms with van der Waals surface area (Å²) < 4.78 is 0. The van der Waals surface area contributed by atoms with E-state index in [1.807, 2.05) is 6.92 Å². The predicted molar refractivity (Wildman–Crippen MR) is 55.9 cm³/mol. The van der Waals surface area contributed by atoms with Crippen LogP contribution in [0.25, 0.3) is 0 Å². The van der Waals surface area contributed by atoms with Crippen LogP contribution >= 0.6 is 0 Å². The lowest BCUT2D eigenvalue weighted by Gasteiger charge is -2.10. The van der Waals surface area contributed by atoms with E-state index in [-0.39, 0.29) is 6.10 Å². The van der Waals surface area contributed by atoms with Gasteiger partial charge in [0, 0.05) is 0 Å². The normalized spacial score (nSPS) is 12.9. The molecule has 0 aliphatic rings. The summed E-state index contributed by atoms with van der Waals surface area (Å²) in [6.07, 6.45) is 1.41. The molecule has 1 N–H and O–H groups in total. The number of aliphatic hydroxyl groups is 1. The van der Waals surface area contributed by atoms with Gasteiger partial charge < -0.3 is 5.11 Å². The summed E-state index contributed by atoms with van der Waals surface area (Å²) in [5, 5.41) is 9.51. The van der Waals surface area contributed by atoms with E-state index in [0.29, 0.717) is 0 Å². The summed E-state index contributed by atoms with van der Waals surface area (Å²) in [5.41, 5.74) is 3.83. The van der Waals surface area contributed by atoms with Crippen LogP contribution in [0.5, 0.6) is 0 Å². The zero-order valence-electron chi connectivity index (χ0n) is 8.67. The van der Waals surface area contributed by atoms with Gasteiger partial charge in [0.1, 0.15) is 0 Å². The van der Waals surface area contributed by atoms with E-state index in [2.05, 4.69) is 32.0 Å². The fourth-order valence-corrected chi connectivity index (χ4v) is 1.47. The van der Waals surface area contributed by atoms with Crippen molar-refractivity contribution in [1.29, 1.82) is 0 Å². The van der Waals surface area contributed by atoms with Crippen molar-refractivity contribution >= 4 is 0 Å². The lowest BCUT2D eigenvalue weighted by Crippen LogP contribution is -2.09. The quantitative estimate of drug-likeness (QED) is 0.754. The summed E-state index contributed by atoms with van der Waals surface area (Å²) in [6.45, 7) is 6.20. The Labute approximate surface area is 80.4 Å². The summed E-state index contributed by atoms with van der Waals surface area (Å²) >= 11 is 0. The van der Waals surface area contributed by atoms with Gasteiger partial charge in [0.15, 0.2) is 0 Å². The van der Waals surface area contributed by atoms with Crippen molar-refractivity contribution in [2.75, 3.05) is 0 Å². The average Bonchev–Trinajstić information content (AvgIpc) is 2.09. The van der Waals surface area contributed by atoms with Crippen LogP contribution in [0.1, 0.15) is 30.0 Å². The standard InChI is InChI=1S/C12H18O/c1-4-12(13)8-11-6-5-9(2)7-10(11)3/h5-7,12-13H,4,8H2,1-3H3/t12-/m0/s1. The highest BCUT2D eigenvalue weighted by Crippen LogP contribution is 2.13. The van der Waals surface area contributed by atoms with E-state index in [1.54, 1.807) is 0 Å². The van der Waals surface area contributed by atoms with Crippen molar-refractivity contribution in [3.8, 4) is 0 Å². The number of aliphatic hydroxyl groups excluding tert-OH is 1. The first kappa shape index (κ1) is 10.3. The second kappa shape index (κ2) is 4.43. The molecular formula is C12H18O. The van der Waals surface area contributed by atoms with Crippen LogP contribution in [0.15, 0.2) is 18.2 Å². The van der Waals surface area contributed by atoms with Crippen LogP contribution < -0.4 is 0 Å². The lowest BCUT2D eigenvalue weighted by atomic mass is 10.00. The number of aryl methyl sites for hydroxylation is 2. The van der Waals surface area contributed by atoms with Crippen LogP contribution in [-0.4, -0.2) is 11.2 Å². The van der Waals surface area contributed by atoms with Crippen LogP contribution in [0.4, 0.5) is 0 Å². The Morgan fingerprint density at radius 2 is 2.00 bits per heavy atom. The minimum atomic E-state index is -0.193. The molecule has 72 valence electrons. The Bertz CT molecular complexity index is 278. The molecule has 0 bridgehead atoms.